The zero-order chi connectivity index (χ0) is 14.4. The molecule has 0 saturated carbocycles. The van der Waals surface area contributed by atoms with Crippen molar-refractivity contribution in [1.82, 2.24) is 24.7 Å². The summed E-state index contributed by atoms with van der Waals surface area (Å²) in [4.78, 5) is 1.28. The molecule has 1 N–H and O–H groups in total. The zero-order valence-corrected chi connectivity index (χ0v) is 13.3. The average Bonchev–Trinajstić information content (AvgIpc) is 3.07. The lowest BCUT2D eigenvalue weighted by Gasteiger charge is -2.16. The third kappa shape index (κ3) is 3.64. The number of likely N-dealkylation sites (N-methyl/N-ethyl adjacent to an activating group) is 1. The Balaban J connectivity index is 2.15. The van der Waals surface area contributed by atoms with Gasteiger partial charge in [-0.2, -0.15) is 5.10 Å². The molecule has 6 heteroatoms. The van der Waals surface area contributed by atoms with Crippen LogP contribution in [0.2, 0.25) is 0 Å². The molecule has 0 saturated heterocycles. The molecule has 0 aromatic carbocycles. The first-order valence-corrected chi connectivity index (χ1v) is 8.11. The molecule has 110 valence electrons. The van der Waals surface area contributed by atoms with E-state index in [9.17, 15) is 0 Å². The van der Waals surface area contributed by atoms with Crippen molar-refractivity contribution in [3.63, 3.8) is 0 Å². The van der Waals surface area contributed by atoms with Crippen molar-refractivity contribution < 1.29 is 0 Å². The second-order valence-corrected chi connectivity index (χ2v) is 5.64. The van der Waals surface area contributed by atoms with Gasteiger partial charge in [-0.1, -0.05) is 24.8 Å². The van der Waals surface area contributed by atoms with Crippen LogP contribution in [0.4, 0.5) is 0 Å². The molecule has 0 aliphatic carbocycles. The lowest BCUT2D eigenvalue weighted by atomic mass is 10.0. The Hall–Kier alpha value is -1.27. The molecule has 20 heavy (non-hydrogen) atoms. The molecule has 2 aromatic heterocycles. The SMILES string of the molecule is CCCc1nnsc1C(Cc1cnn(CC)c1)NCC. The van der Waals surface area contributed by atoms with E-state index in [0.29, 0.717) is 0 Å². The van der Waals surface area contributed by atoms with Gasteiger partial charge in [0, 0.05) is 18.8 Å². The van der Waals surface area contributed by atoms with Crippen LogP contribution < -0.4 is 5.32 Å². The molecule has 0 amide bonds. The van der Waals surface area contributed by atoms with E-state index in [-0.39, 0.29) is 6.04 Å². The summed E-state index contributed by atoms with van der Waals surface area (Å²) in [6.45, 7) is 8.27. The first-order chi connectivity index (χ1) is 9.78. The Morgan fingerprint density at radius 3 is 2.85 bits per heavy atom. The van der Waals surface area contributed by atoms with E-state index in [1.165, 1.54) is 22.0 Å². The summed E-state index contributed by atoms with van der Waals surface area (Å²) in [6, 6.07) is 0.288. The molecule has 1 unspecified atom stereocenters. The van der Waals surface area contributed by atoms with Crippen LogP contribution in [0.5, 0.6) is 0 Å². The topological polar surface area (TPSA) is 55.6 Å². The normalized spacial score (nSPS) is 12.8. The van der Waals surface area contributed by atoms with Crippen LogP contribution in [0, 0.1) is 0 Å². The molecule has 5 nitrogen and oxygen atoms in total. The standard InChI is InChI=1S/C14H23N5S/c1-4-7-12-14(20-18-17-12)13(15-5-2)8-11-9-16-19(6-3)10-11/h9-10,13,15H,4-8H2,1-3H3. The number of nitrogens with zero attached hydrogens (tertiary/aromatic N) is 4. The van der Waals surface area contributed by atoms with Crippen LogP contribution in [0.15, 0.2) is 12.4 Å². The van der Waals surface area contributed by atoms with E-state index in [1.807, 2.05) is 10.9 Å². The Morgan fingerprint density at radius 2 is 2.20 bits per heavy atom. The summed E-state index contributed by atoms with van der Waals surface area (Å²) < 4.78 is 6.11. The lowest BCUT2D eigenvalue weighted by Crippen LogP contribution is -2.23. The quantitative estimate of drug-likeness (QED) is 0.813. The summed E-state index contributed by atoms with van der Waals surface area (Å²) in [5.74, 6) is 0. The van der Waals surface area contributed by atoms with E-state index in [0.717, 1.165) is 38.0 Å². The number of aromatic nitrogens is 4. The molecule has 0 aliphatic heterocycles. The van der Waals surface area contributed by atoms with Crippen molar-refractivity contribution in [2.45, 2.75) is 52.6 Å². The van der Waals surface area contributed by atoms with Gasteiger partial charge in [-0.05, 0) is 43.4 Å². The van der Waals surface area contributed by atoms with E-state index >= 15 is 0 Å². The van der Waals surface area contributed by atoms with E-state index < -0.39 is 0 Å². The fourth-order valence-corrected chi connectivity index (χ4v) is 3.08. The Morgan fingerprint density at radius 1 is 1.35 bits per heavy atom. The van der Waals surface area contributed by atoms with Gasteiger partial charge in [-0.15, -0.1) is 5.10 Å². The molecule has 2 aromatic rings. The van der Waals surface area contributed by atoms with Crippen molar-refractivity contribution in [1.29, 1.82) is 0 Å². The molecule has 0 aliphatic rings. The minimum atomic E-state index is 0.288. The maximum Gasteiger partial charge on any atom is 0.0803 e. The van der Waals surface area contributed by atoms with Gasteiger partial charge in [0.15, 0.2) is 0 Å². The van der Waals surface area contributed by atoms with Crippen LogP contribution in [0.1, 0.15) is 49.4 Å². The molecule has 0 fully saturated rings. The summed E-state index contributed by atoms with van der Waals surface area (Å²) in [5.41, 5.74) is 2.40. The third-order valence-corrected chi connectivity index (χ3v) is 4.17. The fourth-order valence-electron chi connectivity index (χ4n) is 2.31. The molecule has 0 bridgehead atoms. The predicted octanol–water partition coefficient (Wildman–Crippen LogP) is 2.60. The Kier molecular flexibility index (Phi) is 5.67. The second-order valence-electron chi connectivity index (χ2n) is 4.85. The van der Waals surface area contributed by atoms with E-state index in [4.69, 9.17) is 0 Å². The molecular formula is C14H23N5S. The summed E-state index contributed by atoms with van der Waals surface area (Å²) >= 11 is 1.52. The van der Waals surface area contributed by atoms with Crippen molar-refractivity contribution in [3.8, 4) is 0 Å². The fraction of sp³-hybridized carbons (Fsp3) is 0.643. The second kappa shape index (κ2) is 7.50. The molecule has 0 spiro atoms. The van der Waals surface area contributed by atoms with Crippen LogP contribution in [0.25, 0.3) is 0 Å². The molecule has 1 atom stereocenters. The molecular weight excluding hydrogens is 270 g/mol. The highest BCUT2D eigenvalue weighted by molar-refractivity contribution is 7.05. The highest BCUT2D eigenvalue weighted by atomic mass is 32.1. The lowest BCUT2D eigenvalue weighted by molar-refractivity contribution is 0.551. The van der Waals surface area contributed by atoms with Crippen LogP contribution in [0.3, 0.4) is 0 Å². The van der Waals surface area contributed by atoms with E-state index in [1.54, 1.807) is 0 Å². The molecule has 2 heterocycles. The third-order valence-electron chi connectivity index (χ3n) is 3.29. The molecule has 0 radical (unpaired) electrons. The highest BCUT2D eigenvalue weighted by Gasteiger charge is 2.19. The van der Waals surface area contributed by atoms with Gasteiger partial charge in [-0.25, -0.2) is 0 Å². The largest absolute Gasteiger partial charge is 0.309 e. The van der Waals surface area contributed by atoms with Gasteiger partial charge in [0.05, 0.1) is 16.8 Å². The van der Waals surface area contributed by atoms with Crippen molar-refractivity contribution in [3.05, 3.63) is 28.5 Å². The van der Waals surface area contributed by atoms with Crippen molar-refractivity contribution in [2.24, 2.45) is 0 Å². The van der Waals surface area contributed by atoms with Gasteiger partial charge in [0.1, 0.15) is 0 Å². The first-order valence-electron chi connectivity index (χ1n) is 7.34. The summed E-state index contributed by atoms with van der Waals surface area (Å²) in [6.07, 6.45) is 7.13. The average molecular weight is 293 g/mol. The maximum atomic E-state index is 4.35. The summed E-state index contributed by atoms with van der Waals surface area (Å²) in [7, 11) is 0. The van der Waals surface area contributed by atoms with Crippen molar-refractivity contribution >= 4 is 11.5 Å². The minimum absolute atomic E-state index is 0.288. The van der Waals surface area contributed by atoms with Crippen LogP contribution >= 0.6 is 11.5 Å². The number of hydrogen-bond donors (Lipinski definition) is 1. The Bertz CT molecular complexity index is 519. The number of rotatable bonds is 8. The number of nitrogens with one attached hydrogen (secondary N) is 1. The zero-order valence-electron chi connectivity index (χ0n) is 12.5. The van der Waals surface area contributed by atoms with Gasteiger partial charge in [0.2, 0.25) is 0 Å². The van der Waals surface area contributed by atoms with Crippen LogP contribution in [-0.4, -0.2) is 25.9 Å². The highest BCUT2D eigenvalue weighted by Crippen LogP contribution is 2.25. The first kappa shape index (κ1) is 15.1. The molecule has 2 rings (SSSR count). The minimum Gasteiger partial charge on any atom is -0.309 e. The monoisotopic (exact) mass is 293 g/mol. The Labute approximate surface area is 124 Å². The number of aryl methyl sites for hydroxylation is 2. The van der Waals surface area contributed by atoms with Gasteiger partial charge < -0.3 is 5.32 Å². The van der Waals surface area contributed by atoms with Gasteiger partial charge >= 0.3 is 0 Å². The van der Waals surface area contributed by atoms with Gasteiger partial charge in [0.25, 0.3) is 0 Å². The number of hydrogen-bond acceptors (Lipinski definition) is 5. The summed E-state index contributed by atoms with van der Waals surface area (Å²) in [5, 5.41) is 12.2. The maximum absolute atomic E-state index is 4.35. The van der Waals surface area contributed by atoms with Gasteiger partial charge in [-0.3, -0.25) is 4.68 Å². The van der Waals surface area contributed by atoms with E-state index in [2.05, 4.69) is 47.0 Å². The van der Waals surface area contributed by atoms with Crippen LogP contribution in [-0.2, 0) is 19.4 Å². The van der Waals surface area contributed by atoms with Crippen molar-refractivity contribution in [2.75, 3.05) is 6.54 Å². The smallest absolute Gasteiger partial charge is 0.0803 e. The predicted molar refractivity (Wildman–Crippen MR) is 81.9 cm³/mol.